The SMILES string of the molecule is O=C(O)c1ccc(-c2nc(-c3ccccc3)c(C(F)(F)F)o2)cc1. The Bertz CT molecular complexity index is 868. The van der Waals surface area contributed by atoms with Gasteiger partial charge in [-0.3, -0.25) is 0 Å². The summed E-state index contributed by atoms with van der Waals surface area (Å²) in [6.07, 6.45) is -4.70. The molecule has 0 unspecified atom stereocenters. The van der Waals surface area contributed by atoms with Crippen LogP contribution >= 0.6 is 0 Å². The summed E-state index contributed by atoms with van der Waals surface area (Å²) >= 11 is 0. The van der Waals surface area contributed by atoms with Gasteiger partial charge in [-0.2, -0.15) is 13.2 Å². The largest absolute Gasteiger partial charge is 0.478 e. The first-order valence-corrected chi connectivity index (χ1v) is 6.83. The highest BCUT2D eigenvalue weighted by Gasteiger charge is 2.40. The predicted molar refractivity (Wildman–Crippen MR) is 79.3 cm³/mol. The number of benzene rings is 2. The van der Waals surface area contributed by atoms with Crippen molar-refractivity contribution >= 4 is 5.97 Å². The smallest absolute Gasteiger partial charge is 0.451 e. The highest BCUT2D eigenvalue weighted by atomic mass is 19.4. The maximum atomic E-state index is 13.2. The number of halogens is 3. The van der Waals surface area contributed by atoms with E-state index >= 15 is 0 Å². The molecule has 0 fully saturated rings. The second kappa shape index (κ2) is 5.84. The van der Waals surface area contributed by atoms with Crippen molar-refractivity contribution in [2.24, 2.45) is 0 Å². The van der Waals surface area contributed by atoms with Gasteiger partial charge in [0.25, 0.3) is 0 Å². The zero-order chi connectivity index (χ0) is 17.3. The molecule has 122 valence electrons. The van der Waals surface area contributed by atoms with Gasteiger partial charge in [-0.25, -0.2) is 9.78 Å². The second-order valence-electron chi connectivity index (χ2n) is 4.94. The second-order valence-corrected chi connectivity index (χ2v) is 4.94. The van der Waals surface area contributed by atoms with Crippen LogP contribution in [0.15, 0.2) is 59.0 Å². The number of alkyl halides is 3. The third kappa shape index (κ3) is 3.01. The van der Waals surface area contributed by atoms with Crippen LogP contribution in [-0.2, 0) is 6.18 Å². The molecular formula is C17H10F3NO3. The predicted octanol–water partition coefficient (Wildman–Crippen LogP) is 4.73. The van der Waals surface area contributed by atoms with Crippen LogP contribution in [-0.4, -0.2) is 16.1 Å². The molecule has 2 aromatic carbocycles. The van der Waals surface area contributed by atoms with Crippen molar-refractivity contribution in [3.63, 3.8) is 0 Å². The number of carboxylic acid groups (broad SMARTS) is 1. The lowest BCUT2D eigenvalue weighted by molar-refractivity contribution is -0.152. The van der Waals surface area contributed by atoms with Crippen molar-refractivity contribution in [3.8, 4) is 22.7 Å². The summed E-state index contributed by atoms with van der Waals surface area (Å²) in [5.41, 5.74) is 0.250. The molecule has 0 aliphatic carbocycles. The van der Waals surface area contributed by atoms with Crippen molar-refractivity contribution in [2.75, 3.05) is 0 Å². The zero-order valence-corrected chi connectivity index (χ0v) is 12.0. The molecule has 0 saturated carbocycles. The van der Waals surface area contributed by atoms with E-state index in [9.17, 15) is 18.0 Å². The van der Waals surface area contributed by atoms with Crippen molar-refractivity contribution in [1.82, 2.24) is 4.98 Å². The lowest BCUT2D eigenvalue weighted by Crippen LogP contribution is -2.05. The molecule has 1 aromatic heterocycles. The summed E-state index contributed by atoms with van der Waals surface area (Å²) in [5.74, 6) is -2.54. The normalized spacial score (nSPS) is 11.5. The third-order valence-electron chi connectivity index (χ3n) is 3.31. The Morgan fingerprint density at radius 3 is 2.12 bits per heavy atom. The molecule has 3 rings (SSSR count). The fourth-order valence-corrected chi connectivity index (χ4v) is 2.18. The summed E-state index contributed by atoms with van der Waals surface area (Å²) in [5, 5.41) is 8.86. The van der Waals surface area contributed by atoms with E-state index in [0.29, 0.717) is 0 Å². The average Bonchev–Trinajstić information content (AvgIpc) is 3.01. The number of hydrogen-bond acceptors (Lipinski definition) is 3. The first-order valence-electron chi connectivity index (χ1n) is 6.83. The van der Waals surface area contributed by atoms with Crippen LogP contribution in [0.4, 0.5) is 13.2 Å². The van der Waals surface area contributed by atoms with Crippen molar-refractivity contribution < 1.29 is 27.5 Å². The lowest BCUT2D eigenvalue weighted by Gasteiger charge is -2.04. The Morgan fingerprint density at radius 2 is 1.58 bits per heavy atom. The van der Waals surface area contributed by atoms with Gasteiger partial charge in [0.2, 0.25) is 11.7 Å². The van der Waals surface area contributed by atoms with Gasteiger partial charge in [0, 0.05) is 11.1 Å². The average molecular weight is 333 g/mol. The molecule has 0 aliphatic heterocycles. The minimum atomic E-state index is -4.70. The van der Waals surface area contributed by atoms with E-state index < -0.39 is 17.9 Å². The molecule has 0 spiro atoms. The Balaban J connectivity index is 2.10. The minimum Gasteiger partial charge on any atom is -0.478 e. The van der Waals surface area contributed by atoms with Crippen molar-refractivity contribution in [2.45, 2.75) is 6.18 Å². The molecule has 1 N–H and O–H groups in total. The fraction of sp³-hybridized carbons (Fsp3) is 0.0588. The molecule has 0 amide bonds. The summed E-state index contributed by atoms with van der Waals surface area (Å²) < 4.78 is 44.6. The van der Waals surface area contributed by atoms with Crippen LogP contribution in [0.2, 0.25) is 0 Å². The first-order chi connectivity index (χ1) is 11.4. The fourth-order valence-electron chi connectivity index (χ4n) is 2.18. The summed E-state index contributed by atoms with van der Waals surface area (Å²) in [7, 11) is 0. The summed E-state index contributed by atoms with van der Waals surface area (Å²) in [4.78, 5) is 14.8. The van der Waals surface area contributed by atoms with E-state index in [4.69, 9.17) is 9.52 Å². The van der Waals surface area contributed by atoms with Crippen molar-refractivity contribution in [3.05, 3.63) is 65.9 Å². The van der Waals surface area contributed by atoms with E-state index in [-0.39, 0.29) is 28.3 Å². The molecule has 1 heterocycles. The van der Waals surface area contributed by atoms with Gasteiger partial charge in [-0.1, -0.05) is 30.3 Å². The Labute approximate surface area is 134 Å². The van der Waals surface area contributed by atoms with Gasteiger partial charge in [-0.05, 0) is 24.3 Å². The quantitative estimate of drug-likeness (QED) is 0.753. The number of carbonyl (C=O) groups is 1. The van der Waals surface area contributed by atoms with E-state index in [1.165, 1.54) is 36.4 Å². The number of aromatic nitrogens is 1. The van der Waals surface area contributed by atoms with Gasteiger partial charge in [0.05, 0.1) is 5.56 Å². The number of oxazole rings is 1. The Hall–Kier alpha value is -3.09. The first kappa shape index (κ1) is 15.8. The maximum Gasteiger partial charge on any atom is 0.451 e. The van der Waals surface area contributed by atoms with E-state index in [1.807, 2.05) is 0 Å². The zero-order valence-electron chi connectivity index (χ0n) is 12.0. The molecule has 24 heavy (non-hydrogen) atoms. The van der Waals surface area contributed by atoms with Gasteiger partial charge in [-0.15, -0.1) is 0 Å². The minimum absolute atomic E-state index is 0.0182. The van der Waals surface area contributed by atoms with Gasteiger partial charge < -0.3 is 9.52 Å². The number of rotatable bonds is 3. The molecule has 7 heteroatoms. The topological polar surface area (TPSA) is 63.3 Å². The van der Waals surface area contributed by atoms with Gasteiger partial charge >= 0.3 is 12.1 Å². The molecule has 4 nitrogen and oxygen atoms in total. The van der Waals surface area contributed by atoms with Gasteiger partial charge in [0.1, 0.15) is 5.69 Å². The summed E-state index contributed by atoms with van der Waals surface area (Å²) in [6.45, 7) is 0. The van der Waals surface area contributed by atoms with E-state index in [1.54, 1.807) is 18.2 Å². The van der Waals surface area contributed by atoms with Crippen LogP contribution < -0.4 is 0 Å². The van der Waals surface area contributed by atoms with Crippen LogP contribution in [0.5, 0.6) is 0 Å². The van der Waals surface area contributed by atoms with Gasteiger partial charge in [0.15, 0.2) is 0 Å². The lowest BCUT2D eigenvalue weighted by atomic mass is 10.1. The molecule has 0 aliphatic rings. The number of carboxylic acids is 1. The van der Waals surface area contributed by atoms with Crippen LogP contribution in [0.1, 0.15) is 16.1 Å². The Kier molecular flexibility index (Phi) is 3.84. The van der Waals surface area contributed by atoms with E-state index in [0.717, 1.165) is 0 Å². The summed E-state index contributed by atoms with van der Waals surface area (Å²) in [6, 6.07) is 13.2. The van der Waals surface area contributed by atoms with Crippen molar-refractivity contribution in [1.29, 1.82) is 0 Å². The molecular weight excluding hydrogens is 323 g/mol. The maximum absolute atomic E-state index is 13.2. The molecule has 0 atom stereocenters. The highest BCUT2D eigenvalue weighted by molar-refractivity contribution is 5.88. The molecule has 0 saturated heterocycles. The number of hydrogen-bond donors (Lipinski definition) is 1. The molecule has 0 bridgehead atoms. The monoisotopic (exact) mass is 333 g/mol. The van der Waals surface area contributed by atoms with Crippen LogP contribution in [0, 0.1) is 0 Å². The standard InChI is InChI=1S/C17H10F3NO3/c18-17(19,20)14-13(10-4-2-1-3-5-10)21-15(24-14)11-6-8-12(9-7-11)16(22)23/h1-9H,(H,22,23). The van der Waals surface area contributed by atoms with E-state index in [2.05, 4.69) is 4.98 Å². The number of aromatic carboxylic acids is 1. The van der Waals surface area contributed by atoms with Crippen LogP contribution in [0.25, 0.3) is 22.7 Å². The Morgan fingerprint density at radius 1 is 0.958 bits per heavy atom. The molecule has 0 radical (unpaired) electrons. The third-order valence-corrected chi connectivity index (χ3v) is 3.31. The van der Waals surface area contributed by atoms with Crippen LogP contribution in [0.3, 0.4) is 0 Å². The molecule has 3 aromatic rings. The number of nitrogens with zero attached hydrogens (tertiary/aromatic N) is 1. The highest BCUT2D eigenvalue weighted by Crippen LogP contribution is 2.39.